The molecule has 0 radical (unpaired) electrons. The summed E-state index contributed by atoms with van der Waals surface area (Å²) in [6.07, 6.45) is -28.7. The average Bonchev–Trinajstić information content (AvgIpc) is 3.50. The van der Waals surface area contributed by atoms with E-state index < -0.39 is 166 Å². The number of carbonyl (C=O) groups excluding carboxylic acids is 1. The lowest BCUT2D eigenvalue weighted by Crippen LogP contribution is -2.67. The van der Waals surface area contributed by atoms with Crippen molar-refractivity contribution in [1.29, 1.82) is 0 Å². The van der Waals surface area contributed by atoms with Gasteiger partial charge in [-0.05, 0) is 86.5 Å². The highest BCUT2D eigenvalue weighted by Gasteiger charge is 2.69. The zero-order chi connectivity index (χ0) is 48.7. The number of hydrogen-bond acceptors (Lipinski definition) is 23. The number of esters is 1. The predicted octanol–water partition coefficient (Wildman–Crippen LogP) is -5.11. The van der Waals surface area contributed by atoms with Crippen LogP contribution in [0.25, 0.3) is 0 Å². The largest absolute Gasteiger partial charge is 0.432 e. The van der Waals surface area contributed by atoms with Crippen molar-refractivity contribution in [3.63, 3.8) is 0 Å². The van der Waals surface area contributed by atoms with Gasteiger partial charge < -0.3 is 109 Å². The topological polar surface area (TPSA) is 374 Å². The molecule has 4 aliphatic heterocycles. The van der Waals surface area contributed by atoms with Crippen molar-refractivity contribution < 1.29 is 114 Å². The van der Waals surface area contributed by atoms with Gasteiger partial charge in [-0.2, -0.15) is 0 Å². The molecule has 23 heteroatoms. The van der Waals surface area contributed by atoms with E-state index in [2.05, 4.69) is 13.5 Å². The van der Waals surface area contributed by atoms with Crippen LogP contribution in [0.3, 0.4) is 0 Å². The molecule has 8 rings (SSSR count). The Kier molecular flexibility index (Phi) is 15.0. The third-order valence-electron chi connectivity index (χ3n) is 17.1. The van der Waals surface area contributed by atoms with Crippen LogP contribution in [0.15, 0.2) is 12.2 Å². The van der Waals surface area contributed by atoms with Gasteiger partial charge in [-0.25, -0.2) is 0 Å². The van der Waals surface area contributed by atoms with Crippen LogP contribution in [0.1, 0.15) is 71.6 Å². The van der Waals surface area contributed by atoms with Crippen LogP contribution in [-0.4, -0.2) is 232 Å². The highest BCUT2D eigenvalue weighted by Crippen LogP contribution is 2.73. The van der Waals surface area contributed by atoms with E-state index in [1.165, 1.54) is 0 Å². The fraction of sp³-hybridized carbons (Fsp3) is 0.932. The fourth-order valence-electron chi connectivity index (χ4n) is 13.5. The van der Waals surface area contributed by atoms with E-state index in [0.29, 0.717) is 51.4 Å². The molecule has 23 nitrogen and oxygen atoms in total. The van der Waals surface area contributed by atoms with Crippen LogP contribution in [0.2, 0.25) is 0 Å². The number of aliphatic hydroxyl groups is 14. The molecule has 0 aromatic rings. The maximum Gasteiger partial charge on any atom is 0.314 e. The smallest absolute Gasteiger partial charge is 0.314 e. The molecule has 1 spiro atoms. The van der Waals surface area contributed by atoms with Crippen LogP contribution < -0.4 is 0 Å². The van der Waals surface area contributed by atoms with Gasteiger partial charge in [-0.15, -0.1) is 0 Å². The van der Waals surface area contributed by atoms with Crippen molar-refractivity contribution in [1.82, 2.24) is 0 Å². The molecular weight excluding hydrogens is 896 g/mol. The van der Waals surface area contributed by atoms with Gasteiger partial charge in [0.05, 0.1) is 37.4 Å². The first-order chi connectivity index (χ1) is 31.6. The van der Waals surface area contributed by atoms with E-state index >= 15 is 0 Å². The van der Waals surface area contributed by atoms with Crippen LogP contribution in [0.4, 0.5) is 0 Å². The second-order valence-corrected chi connectivity index (χ2v) is 20.8. The molecule has 0 unspecified atom stereocenters. The molecule has 8 aliphatic rings. The van der Waals surface area contributed by atoms with Gasteiger partial charge >= 0.3 is 5.97 Å². The van der Waals surface area contributed by atoms with Crippen molar-refractivity contribution in [3.05, 3.63) is 12.2 Å². The number of rotatable bonds is 12. The fourth-order valence-corrected chi connectivity index (χ4v) is 13.5. The Hall–Kier alpha value is -1.63. The van der Waals surface area contributed by atoms with Crippen molar-refractivity contribution in [2.75, 3.05) is 26.4 Å². The summed E-state index contributed by atoms with van der Waals surface area (Å²) in [6.45, 7) is 5.41. The predicted molar refractivity (Wildman–Crippen MR) is 219 cm³/mol. The molecular formula is C44H70O23. The van der Waals surface area contributed by atoms with Crippen LogP contribution >= 0.6 is 0 Å². The van der Waals surface area contributed by atoms with E-state index in [-0.39, 0.29) is 22.7 Å². The molecule has 0 aromatic heterocycles. The van der Waals surface area contributed by atoms with Gasteiger partial charge in [0.2, 0.25) is 6.29 Å². The van der Waals surface area contributed by atoms with Gasteiger partial charge in [0.25, 0.3) is 0 Å². The molecule has 0 aromatic carbocycles. The number of ether oxygens (including phenoxy) is 8. The first-order valence-corrected chi connectivity index (χ1v) is 23.4. The molecule has 67 heavy (non-hydrogen) atoms. The minimum absolute atomic E-state index is 0.0695. The lowest BCUT2D eigenvalue weighted by Gasteiger charge is -2.64. The highest BCUT2D eigenvalue weighted by molar-refractivity contribution is 5.77. The maximum absolute atomic E-state index is 14.2. The molecule has 4 heterocycles. The number of carbonyl (C=O) groups is 1. The molecule has 4 saturated heterocycles. The Morgan fingerprint density at radius 1 is 0.567 bits per heavy atom. The molecule has 4 aliphatic carbocycles. The summed E-state index contributed by atoms with van der Waals surface area (Å²) >= 11 is 0. The highest BCUT2D eigenvalue weighted by atomic mass is 16.8. The van der Waals surface area contributed by atoms with Gasteiger partial charge in [0.15, 0.2) is 18.9 Å². The summed E-state index contributed by atoms with van der Waals surface area (Å²) < 4.78 is 47.2. The third-order valence-corrected chi connectivity index (χ3v) is 17.1. The Balaban J connectivity index is 0.991. The SMILES string of the molecule is C=C1C[C@@]23CC[C@@H]4[C@@](C)(CCC[C@@]4(C)C(=O)O[C@H]4O[C@@H](CO)[C@H](O)[C@@H](O)[C@@H]4O)[C@@H]2CC[C@]1(O[C@@H]1O[C@H](CO)[C@@H](O)[C@H](O[C@@H]2O[C@H](CO)[C@@H](O)[C@H](O)[C@@H]2O[C@@H]2O[C@H](CO)[C@H](O)[C@H](O)[C@@H]2O)[C@@H]1O)C3. The van der Waals surface area contributed by atoms with E-state index in [0.717, 1.165) is 12.0 Å². The quantitative estimate of drug-likeness (QED) is 0.0494. The molecule has 14 N–H and O–H groups in total. The Morgan fingerprint density at radius 3 is 1.69 bits per heavy atom. The van der Waals surface area contributed by atoms with Gasteiger partial charge in [-0.1, -0.05) is 19.9 Å². The Bertz CT molecular complexity index is 1760. The summed E-state index contributed by atoms with van der Waals surface area (Å²) in [6, 6.07) is 0. The molecule has 26 atom stereocenters. The second-order valence-electron chi connectivity index (χ2n) is 20.8. The van der Waals surface area contributed by atoms with Crippen LogP contribution in [0.5, 0.6) is 0 Å². The van der Waals surface area contributed by atoms with Crippen LogP contribution in [-0.2, 0) is 42.7 Å². The molecule has 4 saturated carbocycles. The normalized spacial score (nSPS) is 54.5. The van der Waals surface area contributed by atoms with Gasteiger partial charge in [0, 0.05) is 0 Å². The maximum atomic E-state index is 14.2. The van der Waals surface area contributed by atoms with Crippen molar-refractivity contribution in [2.24, 2.45) is 28.1 Å². The molecule has 8 fully saturated rings. The summed E-state index contributed by atoms with van der Waals surface area (Å²) in [4.78, 5) is 14.2. The summed E-state index contributed by atoms with van der Waals surface area (Å²) in [5, 5.41) is 148. The lowest BCUT2D eigenvalue weighted by molar-refractivity contribution is -0.392. The number of fused-ring (bicyclic) bond motifs is 3. The first kappa shape index (κ1) is 51.7. The first-order valence-electron chi connectivity index (χ1n) is 23.4. The monoisotopic (exact) mass is 966 g/mol. The minimum Gasteiger partial charge on any atom is -0.432 e. The zero-order valence-corrected chi connectivity index (χ0v) is 37.5. The van der Waals surface area contributed by atoms with E-state index in [4.69, 9.17) is 37.9 Å². The molecule has 0 amide bonds. The number of hydrogen-bond donors (Lipinski definition) is 14. The minimum atomic E-state index is -1.95. The Morgan fingerprint density at radius 2 is 1.07 bits per heavy atom. The van der Waals surface area contributed by atoms with Crippen molar-refractivity contribution >= 4 is 5.97 Å². The van der Waals surface area contributed by atoms with Crippen molar-refractivity contribution in [3.8, 4) is 0 Å². The molecule has 2 bridgehead atoms. The average molecular weight is 967 g/mol. The summed E-state index contributed by atoms with van der Waals surface area (Å²) in [7, 11) is 0. The van der Waals surface area contributed by atoms with Crippen LogP contribution in [0, 0.1) is 28.1 Å². The van der Waals surface area contributed by atoms with E-state index in [1.807, 2.05) is 6.92 Å². The zero-order valence-electron chi connectivity index (χ0n) is 37.5. The van der Waals surface area contributed by atoms with Crippen molar-refractivity contribution in [2.45, 2.75) is 200 Å². The Labute approximate surface area is 386 Å². The standard InChI is InChI=1S/C44H70O23/c1-17-11-43-9-5-22-41(2,7-4-8-42(22,3)40(59)66-37-32(57)29(54)25(50)19(13-46)61-37)23(43)6-10-44(17,16-43)67-38-33(58)34(27(52)21(15-48)62-38)64-39-35(30(55)26(51)20(14-47)63-39)65-36-31(56)28(53)24(49)18(12-45)60-36/h18-39,45-58H,1,4-16H2,2-3H3/t18-,19+,20-,21-,22-,23+,24+,25+,26-,27-,28+,29-,30+,31+,32+,33+,34+,35+,36+,37-,38+,39+,41-,42-,43-,44+/m1/s1. The summed E-state index contributed by atoms with van der Waals surface area (Å²) in [5.41, 5.74) is -2.08. The third kappa shape index (κ3) is 8.63. The summed E-state index contributed by atoms with van der Waals surface area (Å²) in [5.74, 6) is -0.713. The molecule has 384 valence electrons. The van der Waals surface area contributed by atoms with Gasteiger partial charge in [-0.3, -0.25) is 4.79 Å². The van der Waals surface area contributed by atoms with E-state index in [9.17, 15) is 76.3 Å². The van der Waals surface area contributed by atoms with Gasteiger partial charge in [0.1, 0.15) is 97.7 Å². The number of aliphatic hydroxyl groups excluding tert-OH is 14. The second kappa shape index (κ2) is 19.4. The van der Waals surface area contributed by atoms with E-state index in [1.54, 1.807) is 0 Å². The lowest BCUT2D eigenvalue weighted by atomic mass is 9.41.